The minimum atomic E-state index is -0.142. The van der Waals surface area contributed by atoms with Crippen LogP contribution in [0.2, 0.25) is 0 Å². The van der Waals surface area contributed by atoms with Gasteiger partial charge < -0.3 is 14.8 Å². The number of Topliss-reactive ketones (excluding diaryl/α,β-unsaturated/α-hetero) is 1. The Morgan fingerprint density at radius 1 is 1.47 bits per heavy atom. The lowest BCUT2D eigenvalue weighted by molar-refractivity contribution is -0.124. The van der Waals surface area contributed by atoms with E-state index in [0.29, 0.717) is 24.7 Å². The van der Waals surface area contributed by atoms with Crippen LogP contribution in [0.4, 0.5) is 5.69 Å². The molecule has 0 aromatic heterocycles. The molecule has 1 aliphatic rings. The number of carbonyl (C=O) groups is 2. The molecule has 1 amide bonds. The van der Waals surface area contributed by atoms with Crippen molar-refractivity contribution in [3.63, 3.8) is 0 Å². The molecule has 1 aliphatic heterocycles. The topological polar surface area (TPSA) is 64.6 Å². The zero-order chi connectivity index (χ0) is 13.7. The Balaban J connectivity index is 1.88. The fraction of sp³-hybridized carbons (Fsp3) is 0.429. The number of ketones is 1. The molecule has 1 heterocycles. The van der Waals surface area contributed by atoms with Crippen molar-refractivity contribution in [2.45, 2.75) is 13.3 Å². The number of ether oxygens (including phenoxy) is 2. The SMILES string of the molecule is CC(=O)Nc1cccc(OCC(=O)C2CCOC2)c1. The number of rotatable bonds is 5. The Morgan fingerprint density at radius 3 is 3.00 bits per heavy atom. The van der Waals surface area contributed by atoms with Crippen LogP contribution in [0.3, 0.4) is 0 Å². The largest absolute Gasteiger partial charge is 0.486 e. The highest BCUT2D eigenvalue weighted by atomic mass is 16.5. The molecule has 2 rings (SSSR count). The van der Waals surface area contributed by atoms with Crippen molar-refractivity contribution < 1.29 is 19.1 Å². The standard InChI is InChI=1S/C14H17NO4/c1-10(16)15-12-3-2-4-13(7-12)19-9-14(17)11-5-6-18-8-11/h2-4,7,11H,5-6,8-9H2,1H3,(H,15,16). The molecular weight excluding hydrogens is 246 g/mol. The van der Waals surface area contributed by atoms with E-state index in [1.165, 1.54) is 6.92 Å². The van der Waals surface area contributed by atoms with Gasteiger partial charge in [0, 0.05) is 31.2 Å². The first-order valence-corrected chi connectivity index (χ1v) is 6.26. The van der Waals surface area contributed by atoms with E-state index in [9.17, 15) is 9.59 Å². The highest BCUT2D eigenvalue weighted by Gasteiger charge is 2.23. The van der Waals surface area contributed by atoms with Crippen molar-refractivity contribution >= 4 is 17.4 Å². The summed E-state index contributed by atoms with van der Waals surface area (Å²) in [7, 11) is 0. The summed E-state index contributed by atoms with van der Waals surface area (Å²) in [5, 5.41) is 2.66. The van der Waals surface area contributed by atoms with Crippen molar-refractivity contribution in [1.82, 2.24) is 0 Å². The molecule has 1 unspecified atom stereocenters. The van der Waals surface area contributed by atoms with Gasteiger partial charge in [-0.15, -0.1) is 0 Å². The Morgan fingerprint density at radius 2 is 2.32 bits per heavy atom. The Labute approximate surface area is 111 Å². The number of anilines is 1. The summed E-state index contributed by atoms with van der Waals surface area (Å²) in [6.45, 7) is 2.62. The van der Waals surface area contributed by atoms with Crippen LogP contribution < -0.4 is 10.1 Å². The lowest BCUT2D eigenvalue weighted by Gasteiger charge is -2.10. The summed E-state index contributed by atoms with van der Waals surface area (Å²) in [5.74, 6) is 0.441. The van der Waals surface area contributed by atoms with E-state index in [1.807, 2.05) is 0 Å². The number of benzene rings is 1. The molecule has 1 saturated heterocycles. The quantitative estimate of drug-likeness (QED) is 0.877. The number of hydrogen-bond donors (Lipinski definition) is 1. The van der Waals surface area contributed by atoms with Crippen LogP contribution >= 0.6 is 0 Å². The maximum Gasteiger partial charge on any atom is 0.221 e. The molecule has 0 spiro atoms. The van der Waals surface area contributed by atoms with Gasteiger partial charge in [-0.1, -0.05) is 6.07 Å². The van der Waals surface area contributed by atoms with Gasteiger partial charge in [0.2, 0.25) is 5.91 Å². The molecule has 1 fully saturated rings. The first-order chi connectivity index (χ1) is 9.15. The van der Waals surface area contributed by atoms with Crippen molar-refractivity contribution in [1.29, 1.82) is 0 Å². The third kappa shape index (κ3) is 4.06. The summed E-state index contributed by atoms with van der Waals surface area (Å²) in [6.07, 6.45) is 0.772. The van der Waals surface area contributed by atoms with Gasteiger partial charge in [0.15, 0.2) is 5.78 Å². The van der Waals surface area contributed by atoms with E-state index in [-0.39, 0.29) is 24.2 Å². The van der Waals surface area contributed by atoms with Crippen LogP contribution in [-0.4, -0.2) is 31.5 Å². The molecule has 0 aliphatic carbocycles. The fourth-order valence-electron chi connectivity index (χ4n) is 1.93. The average Bonchev–Trinajstić information content (AvgIpc) is 2.89. The Kier molecular flexibility index (Phi) is 4.52. The van der Waals surface area contributed by atoms with Crippen molar-refractivity contribution in [3.8, 4) is 5.75 Å². The van der Waals surface area contributed by atoms with Gasteiger partial charge in [0.05, 0.1) is 6.61 Å². The minimum absolute atomic E-state index is 0.0392. The highest BCUT2D eigenvalue weighted by molar-refractivity contribution is 5.88. The van der Waals surface area contributed by atoms with E-state index in [2.05, 4.69) is 5.32 Å². The fourth-order valence-corrected chi connectivity index (χ4v) is 1.93. The van der Waals surface area contributed by atoms with Gasteiger partial charge in [-0.05, 0) is 18.6 Å². The average molecular weight is 263 g/mol. The van der Waals surface area contributed by atoms with Gasteiger partial charge in [-0.25, -0.2) is 0 Å². The molecule has 102 valence electrons. The van der Waals surface area contributed by atoms with Crippen molar-refractivity contribution in [3.05, 3.63) is 24.3 Å². The van der Waals surface area contributed by atoms with Gasteiger partial charge in [-0.2, -0.15) is 0 Å². The number of carbonyl (C=O) groups excluding carboxylic acids is 2. The molecule has 5 heteroatoms. The number of hydrogen-bond acceptors (Lipinski definition) is 4. The maximum atomic E-state index is 11.8. The van der Waals surface area contributed by atoms with E-state index >= 15 is 0 Å². The second kappa shape index (κ2) is 6.33. The predicted octanol–water partition coefficient (Wildman–Crippen LogP) is 1.63. The van der Waals surface area contributed by atoms with Crippen molar-refractivity contribution in [2.75, 3.05) is 25.1 Å². The first kappa shape index (κ1) is 13.5. The predicted molar refractivity (Wildman–Crippen MR) is 70.2 cm³/mol. The summed E-state index contributed by atoms with van der Waals surface area (Å²) >= 11 is 0. The molecule has 1 aromatic rings. The molecule has 1 atom stereocenters. The third-order valence-electron chi connectivity index (χ3n) is 2.92. The van der Waals surface area contributed by atoms with Crippen molar-refractivity contribution in [2.24, 2.45) is 5.92 Å². The van der Waals surface area contributed by atoms with E-state index in [1.54, 1.807) is 24.3 Å². The van der Waals surface area contributed by atoms with Gasteiger partial charge in [0.1, 0.15) is 12.4 Å². The molecular formula is C14H17NO4. The molecule has 1 aromatic carbocycles. The summed E-state index contributed by atoms with van der Waals surface area (Å²) in [4.78, 5) is 22.8. The second-order valence-corrected chi connectivity index (χ2v) is 4.52. The van der Waals surface area contributed by atoms with Crippen LogP contribution in [0.25, 0.3) is 0 Å². The highest BCUT2D eigenvalue weighted by Crippen LogP contribution is 2.19. The number of amides is 1. The van der Waals surface area contributed by atoms with E-state index in [0.717, 1.165) is 6.42 Å². The summed E-state index contributed by atoms with van der Waals surface area (Å²) < 4.78 is 10.6. The van der Waals surface area contributed by atoms with Gasteiger partial charge in [-0.3, -0.25) is 9.59 Å². The van der Waals surface area contributed by atoms with E-state index in [4.69, 9.17) is 9.47 Å². The van der Waals surface area contributed by atoms with Gasteiger partial charge in [0.25, 0.3) is 0 Å². The molecule has 1 N–H and O–H groups in total. The summed E-state index contributed by atoms with van der Waals surface area (Å²) in [6, 6.07) is 6.98. The normalized spacial score (nSPS) is 18.1. The van der Waals surface area contributed by atoms with Crippen LogP contribution in [-0.2, 0) is 14.3 Å². The van der Waals surface area contributed by atoms with Crippen LogP contribution in [0.1, 0.15) is 13.3 Å². The van der Waals surface area contributed by atoms with Crippen LogP contribution in [0, 0.1) is 5.92 Å². The lowest BCUT2D eigenvalue weighted by atomic mass is 10.0. The minimum Gasteiger partial charge on any atom is -0.486 e. The lowest BCUT2D eigenvalue weighted by Crippen LogP contribution is -2.21. The number of nitrogens with one attached hydrogen (secondary N) is 1. The van der Waals surface area contributed by atoms with Crippen LogP contribution in [0.15, 0.2) is 24.3 Å². The zero-order valence-corrected chi connectivity index (χ0v) is 10.8. The van der Waals surface area contributed by atoms with Gasteiger partial charge >= 0.3 is 0 Å². The third-order valence-corrected chi connectivity index (χ3v) is 2.92. The molecule has 0 bridgehead atoms. The summed E-state index contributed by atoms with van der Waals surface area (Å²) in [5.41, 5.74) is 0.654. The van der Waals surface area contributed by atoms with Crippen LogP contribution in [0.5, 0.6) is 5.75 Å². The molecule has 19 heavy (non-hydrogen) atoms. The zero-order valence-electron chi connectivity index (χ0n) is 10.8. The Bertz CT molecular complexity index is 466. The second-order valence-electron chi connectivity index (χ2n) is 4.52. The molecule has 0 saturated carbocycles. The first-order valence-electron chi connectivity index (χ1n) is 6.26. The monoisotopic (exact) mass is 263 g/mol. The smallest absolute Gasteiger partial charge is 0.221 e. The molecule has 5 nitrogen and oxygen atoms in total. The Hall–Kier alpha value is -1.88. The molecule has 0 radical (unpaired) electrons. The van der Waals surface area contributed by atoms with E-state index < -0.39 is 0 Å². The maximum absolute atomic E-state index is 11.8.